The van der Waals surface area contributed by atoms with Crippen molar-refractivity contribution >= 4 is 11.9 Å². The van der Waals surface area contributed by atoms with E-state index in [2.05, 4.69) is 30.6 Å². The van der Waals surface area contributed by atoms with Gasteiger partial charge in [0, 0.05) is 12.8 Å². The summed E-state index contributed by atoms with van der Waals surface area (Å²) in [5.41, 5.74) is 0. The molecular formula is C28H46O4. The number of carbonyl (C=O) groups is 2. The molecule has 0 spiro atoms. The van der Waals surface area contributed by atoms with Crippen LogP contribution in [0.4, 0.5) is 0 Å². The Bertz CT molecular complexity index is 574. The van der Waals surface area contributed by atoms with Crippen molar-refractivity contribution in [3.63, 3.8) is 0 Å². The highest BCUT2D eigenvalue weighted by Gasteiger charge is 2.24. The summed E-state index contributed by atoms with van der Waals surface area (Å²) in [5, 5.41) is 17.6. The third-order valence-electron chi connectivity index (χ3n) is 5.79. The van der Waals surface area contributed by atoms with Crippen LogP contribution < -0.4 is 0 Å². The quantitative estimate of drug-likeness (QED) is 0.108. The minimum atomic E-state index is -1.25. The lowest BCUT2D eigenvalue weighted by atomic mass is 10.00. The number of rotatable bonds is 21. The van der Waals surface area contributed by atoms with E-state index in [-0.39, 0.29) is 6.42 Å². The summed E-state index contributed by atoms with van der Waals surface area (Å²) < 4.78 is 0. The van der Waals surface area contributed by atoms with Gasteiger partial charge in [-0.15, -0.1) is 0 Å². The van der Waals surface area contributed by atoms with Crippen LogP contribution in [0, 0.1) is 29.6 Å². The van der Waals surface area contributed by atoms with Crippen molar-refractivity contribution in [2.75, 3.05) is 0 Å². The molecule has 0 amide bonds. The van der Waals surface area contributed by atoms with Crippen molar-refractivity contribution in [1.82, 2.24) is 0 Å². The van der Waals surface area contributed by atoms with Crippen molar-refractivity contribution in [2.45, 2.75) is 135 Å². The summed E-state index contributed by atoms with van der Waals surface area (Å²) in [4.78, 5) is 21.6. The number of aliphatic carboxylic acids is 2. The third kappa shape index (κ3) is 21.3. The molecule has 0 radical (unpaired) electrons. The molecule has 182 valence electrons. The molecule has 0 saturated heterocycles. The van der Waals surface area contributed by atoms with E-state index in [1.54, 1.807) is 0 Å². The van der Waals surface area contributed by atoms with E-state index in [4.69, 9.17) is 10.2 Å². The molecule has 0 rings (SSSR count). The highest BCUT2D eigenvalue weighted by molar-refractivity contribution is 5.92. The predicted octanol–water partition coefficient (Wildman–Crippen LogP) is 7.60. The maximum Gasteiger partial charge on any atom is 0.317 e. The van der Waals surface area contributed by atoms with Gasteiger partial charge in [0.1, 0.15) is 0 Å². The molecule has 0 heterocycles. The van der Waals surface area contributed by atoms with Crippen LogP contribution >= 0.6 is 0 Å². The van der Waals surface area contributed by atoms with Crippen LogP contribution in [0.15, 0.2) is 0 Å². The molecular weight excluding hydrogens is 400 g/mol. The van der Waals surface area contributed by atoms with Crippen molar-refractivity contribution in [1.29, 1.82) is 0 Å². The van der Waals surface area contributed by atoms with Crippen LogP contribution in [0.1, 0.15) is 135 Å². The van der Waals surface area contributed by atoms with Crippen LogP contribution in [0.5, 0.6) is 0 Å². The highest BCUT2D eigenvalue weighted by Crippen LogP contribution is 2.14. The summed E-state index contributed by atoms with van der Waals surface area (Å²) in [6.07, 6.45) is 22.6. The first-order valence-electron chi connectivity index (χ1n) is 13.0. The van der Waals surface area contributed by atoms with E-state index in [9.17, 15) is 9.59 Å². The predicted molar refractivity (Wildman–Crippen MR) is 132 cm³/mol. The van der Waals surface area contributed by atoms with Gasteiger partial charge in [-0.2, -0.15) is 0 Å². The Morgan fingerprint density at radius 3 is 1.28 bits per heavy atom. The first kappa shape index (κ1) is 30.1. The molecule has 0 aromatic rings. The van der Waals surface area contributed by atoms with Crippen LogP contribution in [0.2, 0.25) is 0 Å². The average Bonchev–Trinajstić information content (AvgIpc) is 2.76. The molecule has 0 bridgehead atoms. The van der Waals surface area contributed by atoms with Gasteiger partial charge >= 0.3 is 11.9 Å². The van der Waals surface area contributed by atoms with Gasteiger partial charge in [-0.25, -0.2) is 0 Å². The topological polar surface area (TPSA) is 74.6 Å². The fourth-order valence-corrected chi connectivity index (χ4v) is 3.71. The molecule has 0 aliphatic carbocycles. The zero-order chi connectivity index (χ0) is 23.7. The Balaban J connectivity index is 3.38. The van der Waals surface area contributed by atoms with Crippen molar-refractivity contribution in [3.05, 3.63) is 0 Å². The molecule has 4 heteroatoms. The summed E-state index contributed by atoms with van der Waals surface area (Å²) in [6.45, 7) is 2.26. The van der Waals surface area contributed by atoms with Gasteiger partial charge in [0.15, 0.2) is 5.92 Å². The Labute approximate surface area is 197 Å². The first-order chi connectivity index (χ1) is 15.6. The van der Waals surface area contributed by atoms with E-state index in [1.165, 1.54) is 77.0 Å². The molecule has 0 fully saturated rings. The van der Waals surface area contributed by atoms with E-state index in [0.29, 0.717) is 6.42 Å². The van der Waals surface area contributed by atoms with Crippen LogP contribution in [0.3, 0.4) is 0 Å². The Kier molecular flexibility index (Phi) is 22.3. The fourth-order valence-electron chi connectivity index (χ4n) is 3.71. The second-order valence-electron chi connectivity index (χ2n) is 8.78. The standard InChI is InChI=1S/C28H46O4/c1-2-3-4-5-6-7-8-9-10-11-12-13-14-15-16-17-18-19-20-21-22-23-24-25-26(27(29)30)28(31)32/h26H,2-11,16-25H2,1H3,(H,29,30)(H,31,32). The van der Waals surface area contributed by atoms with Gasteiger partial charge in [0.05, 0.1) is 0 Å². The summed E-state index contributed by atoms with van der Waals surface area (Å²) in [7, 11) is 0. The Morgan fingerprint density at radius 1 is 0.562 bits per heavy atom. The van der Waals surface area contributed by atoms with Crippen molar-refractivity contribution in [3.8, 4) is 23.7 Å². The van der Waals surface area contributed by atoms with Gasteiger partial charge < -0.3 is 10.2 Å². The van der Waals surface area contributed by atoms with Gasteiger partial charge in [0.25, 0.3) is 0 Å². The van der Waals surface area contributed by atoms with Gasteiger partial charge in [-0.1, -0.05) is 115 Å². The Hall–Kier alpha value is -1.94. The van der Waals surface area contributed by atoms with Crippen molar-refractivity contribution in [2.24, 2.45) is 5.92 Å². The minimum absolute atomic E-state index is 0.228. The molecule has 4 nitrogen and oxygen atoms in total. The van der Waals surface area contributed by atoms with E-state index < -0.39 is 17.9 Å². The summed E-state index contributed by atoms with van der Waals surface area (Å²) in [6, 6.07) is 0. The Morgan fingerprint density at radius 2 is 0.906 bits per heavy atom. The van der Waals surface area contributed by atoms with Crippen LogP contribution in [-0.2, 0) is 9.59 Å². The first-order valence-corrected chi connectivity index (χ1v) is 13.0. The van der Waals surface area contributed by atoms with Crippen LogP contribution in [-0.4, -0.2) is 22.2 Å². The number of carboxylic acids is 2. The van der Waals surface area contributed by atoms with Gasteiger partial charge in [-0.05, 0) is 31.1 Å². The van der Waals surface area contributed by atoms with E-state index in [1.807, 2.05) is 0 Å². The number of carboxylic acid groups (broad SMARTS) is 2. The maximum absolute atomic E-state index is 10.8. The zero-order valence-corrected chi connectivity index (χ0v) is 20.4. The summed E-state index contributed by atoms with van der Waals surface area (Å²) in [5.74, 6) is 8.55. The highest BCUT2D eigenvalue weighted by atomic mass is 16.4. The molecule has 0 aromatic heterocycles. The monoisotopic (exact) mass is 446 g/mol. The van der Waals surface area contributed by atoms with Crippen molar-refractivity contribution < 1.29 is 19.8 Å². The molecule has 2 N–H and O–H groups in total. The summed E-state index contributed by atoms with van der Waals surface area (Å²) >= 11 is 0. The SMILES string of the molecule is CCCCCCCCCCCC#CC#CCCCCCCCCCCC(C(=O)O)C(=O)O. The number of hydrogen-bond acceptors (Lipinski definition) is 2. The molecule has 0 atom stereocenters. The number of hydrogen-bond donors (Lipinski definition) is 2. The number of unbranched alkanes of at least 4 members (excludes halogenated alkanes) is 17. The van der Waals surface area contributed by atoms with Gasteiger partial charge in [-0.3, -0.25) is 9.59 Å². The molecule has 0 aliphatic rings. The minimum Gasteiger partial charge on any atom is -0.481 e. The van der Waals surface area contributed by atoms with E-state index >= 15 is 0 Å². The third-order valence-corrected chi connectivity index (χ3v) is 5.79. The maximum atomic E-state index is 10.8. The zero-order valence-electron chi connectivity index (χ0n) is 20.4. The average molecular weight is 447 g/mol. The fraction of sp³-hybridized carbons (Fsp3) is 0.786. The van der Waals surface area contributed by atoms with Gasteiger partial charge in [0.2, 0.25) is 0 Å². The molecule has 0 aromatic carbocycles. The molecule has 32 heavy (non-hydrogen) atoms. The van der Waals surface area contributed by atoms with E-state index in [0.717, 1.165) is 38.5 Å². The molecule has 0 saturated carbocycles. The molecule has 0 unspecified atom stereocenters. The van der Waals surface area contributed by atoms with Crippen LogP contribution in [0.25, 0.3) is 0 Å². The molecule has 0 aliphatic heterocycles. The lowest BCUT2D eigenvalue weighted by Gasteiger charge is -2.06. The normalized spacial score (nSPS) is 10.3. The second-order valence-corrected chi connectivity index (χ2v) is 8.78. The largest absolute Gasteiger partial charge is 0.481 e. The smallest absolute Gasteiger partial charge is 0.317 e. The lowest BCUT2D eigenvalue weighted by Crippen LogP contribution is -2.23. The second kappa shape index (κ2) is 23.7. The lowest BCUT2D eigenvalue weighted by molar-refractivity contribution is -0.154.